The normalized spacial score (nSPS) is 15.3. The van der Waals surface area contributed by atoms with E-state index in [4.69, 9.17) is 21.1 Å². The van der Waals surface area contributed by atoms with Gasteiger partial charge in [0.15, 0.2) is 11.5 Å². The highest BCUT2D eigenvalue weighted by molar-refractivity contribution is 6.31. The lowest BCUT2D eigenvalue weighted by Gasteiger charge is -2.16. The molecule has 4 rings (SSSR count). The van der Waals surface area contributed by atoms with Gasteiger partial charge in [0.2, 0.25) is 11.8 Å². The molecular formula is C29H30ClN3O4. The summed E-state index contributed by atoms with van der Waals surface area (Å²) in [6, 6.07) is 20.8. The lowest BCUT2D eigenvalue weighted by Crippen LogP contribution is -2.30. The Morgan fingerprint density at radius 2 is 1.86 bits per heavy atom. The van der Waals surface area contributed by atoms with Crippen LogP contribution in [0, 0.1) is 5.92 Å². The summed E-state index contributed by atoms with van der Waals surface area (Å²) in [5.74, 6) is 0.328. The molecule has 37 heavy (non-hydrogen) atoms. The van der Waals surface area contributed by atoms with Crippen LogP contribution < -0.4 is 19.8 Å². The van der Waals surface area contributed by atoms with Crippen molar-refractivity contribution in [1.29, 1.82) is 0 Å². The lowest BCUT2D eigenvalue weighted by atomic mass is 10.1. The highest BCUT2D eigenvalue weighted by Gasteiger charge is 2.35. The van der Waals surface area contributed by atoms with E-state index < -0.39 is 5.92 Å². The number of anilines is 1. The summed E-state index contributed by atoms with van der Waals surface area (Å²) in [5, 5.41) is 4.74. The first-order valence-corrected chi connectivity index (χ1v) is 12.7. The zero-order chi connectivity index (χ0) is 26.2. The third kappa shape index (κ3) is 6.68. The van der Waals surface area contributed by atoms with Crippen LogP contribution in [0.5, 0.6) is 11.5 Å². The summed E-state index contributed by atoms with van der Waals surface area (Å²) in [6.07, 6.45) is 2.63. The lowest BCUT2D eigenvalue weighted by molar-refractivity contribution is -0.126. The van der Waals surface area contributed by atoms with Crippen LogP contribution in [0.2, 0.25) is 5.02 Å². The Morgan fingerprint density at radius 1 is 1.08 bits per heavy atom. The van der Waals surface area contributed by atoms with Crippen molar-refractivity contribution < 1.29 is 19.1 Å². The van der Waals surface area contributed by atoms with Crippen molar-refractivity contribution in [3.63, 3.8) is 0 Å². The summed E-state index contributed by atoms with van der Waals surface area (Å²) in [7, 11) is 0. The molecule has 0 radical (unpaired) electrons. The Balaban J connectivity index is 1.35. The van der Waals surface area contributed by atoms with Gasteiger partial charge in [-0.2, -0.15) is 5.10 Å². The molecule has 3 aromatic carbocycles. The molecule has 2 amide bonds. The predicted molar refractivity (Wildman–Crippen MR) is 145 cm³/mol. The van der Waals surface area contributed by atoms with Crippen LogP contribution in [0.15, 0.2) is 71.8 Å². The topological polar surface area (TPSA) is 80.2 Å². The molecule has 1 saturated heterocycles. The van der Waals surface area contributed by atoms with Crippen LogP contribution in [-0.4, -0.2) is 31.2 Å². The Morgan fingerprint density at radius 3 is 2.59 bits per heavy atom. The fourth-order valence-electron chi connectivity index (χ4n) is 4.07. The summed E-state index contributed by atoms with van der Waals surface area (Å²) in [4.78, 5) is 26.8. The molecule has 0 aliphatic carbocycles. The average Bonchev–Trinajstić information content (AvgIpc) is 3.31. The number of ether oxygens (including phenoxy) is 2. The van der Waals surface area contributed by atoms with E-state index in [0.717, 1.165) is 23.2 Å². The second-order valence-corrected chi connectivity index (χ2v) is 9.09. The van der Waals surface area contributed by atoms with E-state index in [1.807, 2.05) is 61.5 Å². The minimum absolute atomic E-state index is 0.0675. The van der Waals surface area contributed by atoms with Crippen LogP contribution in [0.3, 0.4) is 0 Å². The molecule has 1 aliphatic rings. The molecule has 0 spiro atoms. The molecule has 1 fully saturated rings. The standard InChI is InChI=1S/C29H30ClN3O4/c1-3-20-9-12-24(13-10-20)33-18-23(16-28(33)34)29(35)32-31-17-21-11-14-26(27(15-21)36-4-2)37-19-22-7-5-6-8-25(22)30/h5-15,17,23H,3-4,16,18-19H2,1-2H3,(H,32,35)/b31-17+/t23-/m0/s1. The van der Waals surface area contributed by atoms with E-state index in [1.165, 1.54) is 11.8 Å². The highest BCUT2D eigenvalue weighted by atomic mass is 35.5. The molecule has 1 atom stereocenters. The minimum atomic E-state index is -0.463. The number of carbonyl (C=O) groups is 2. The van der Waals surface area contributed by atoms with Gasteiger partial charge in [0.05, 0.1) is 18.7 Å². The minimum Gasteiger partial charge on any atom is -0.490 e. The van der Waals surface area contributed by atoms with E-state index in [-0.39, 0.29) is 18.2 Å². The maximum atomic E-state index is 12.7. The number of aryl methyl sites for hydroxylation is 1. The van der Waals surface area contributed by atoms with Gasteiger partial charge in [-0.3, -0.25) is 9.59 Å². The first-order chi connectivity index (χ1) is 18.0. The number of hydrazone groups is 1. The van der Waals surface area contributed by atoms with Crippen molar-refractivity contribution in [2.45, 2.75) is 33.3 Å². The molecule has 1 aliphatic heterocycles. The van der Waals surface area contributed by atoms with Crippen molar-refractivity contribution in [2.75, 3.05) is 18.1 Å². The number of hydrogen-bond acceptors (Lipinski definition) is 5. The third-order valence-corrected chi connectivity index (χ3v) is 6.52. The van der Waals surface area contributed by atoms with E-state index in [9.17, 15) is 9.59 Å². The number of halogens is 1. The zero-order valence-electron chi connectivity index (χ0n) is 20.9. The fourth-order valence-corrected chi connectivity index (χ4v) is 4.26. The smallest absolute Gasteiger partial charge is 0.245 e. The molecule has 0 aromatic heterocycles. The molecule has 1 heterocycles. The number of benzene rings is 3. The Bertz CT molecular complexity index is 1280. The number of amides is 2. The Hall–Kier alpha value is -3.84. The van der Waals surface area contributed by atoms with Crippen LogP contribution in [-0.2, 0) is 22.6 Å². The Labute approximate surface area is 222 Å². The molecule has 1 N–H and O–H groups in total. The molecule has 192 valence electrons. The van der Waals surface area contributed by atoms with Crippen molar-refractivity contribution in [3.8, 4) is 11.5 Å². The van der Waals surface area contributed by atoms with Crippen molar-refractivity contribution in [2.24, 2.45) is 11.0 Å². The highest BCUT2D eigenvalue weighted by Crippen LogP contribution is 2.30. The first kappa shape index (κ1) is 26.2. The summed E-state index contributed by atoms with van der Waals surface area (Å²) in [6.45, 7) is 5.08. The number of nitrogens with zero attached hydrogens (tertiary/aromatic N) is 2. The monoisotopic (exact) mass is 519 g/mol. The van der Waals surface area contributed by atoms with E-state index >= 15 is 0 Å². The predicted octanol–water partition coefficient (Wildman–Crippen LogP) is 5.38. The van der Waals surface area contributed by atoms with Crippen LogP contribution in [0.1, 0.15) is 37.0 Å². The van der Waals surface area contributed by atoms with Crippen LogP contribution in [0.4, 0.5) is 5.69 Å². The van der Waals surface area contributed by atoms with E-state index in [0.29, 0.717) is 36.3 Å². The molecule has 7 nitrogen and oxygen atoms in total. The van der Waals surface area contributed by atoms with Gasteiger partial charge in [-0.1, -0.05) is 48.9 Å². The number of carbonyl (C=O) groups excluding carboxylic acids is 2. The van der Waals surface area contributed by atoms with Crippen molar-refractivity contribution in [3.05, 3.63) is 88.4 Å². The summed E-state index contributed by atoms with van der Waals surface area (Å²) < 4.78 is 11.7. The fraction of sp³-hybridized carbons (Fsp3) is 0.276. The van der Waals surface area contributed by atoms with Gasteiger partial charge in [-0.25, -0.2) is 5.43 Å². The molecular weight excluding hydrogens is 490 g/mol. The van der Waals surface area contributed by atoms with Gasteiger partial charge in [-0.15, -0.1) is 0 Å². The van der Waals surface area contributed by atoms with Gasteiger partial charge >= 0.3 is 0 Å². The maximum Gasteiger partial charge on any atom is 0.245 e. The van der Waals surface area contributed by atoms with Crippen molar-refractivity contribution in [1.82, 2.24) is 5.43 Å². The van der Waals surface area contributed by atoms with Crippen molar-refractivity contribution >= 4 is 35.3 Å². The molecule has 0 saturated carbocycles. The van der Waals surface area contributed by atoms with E-state index in [2.05, 4.69) is 17.5 Å². The third-order valence-electron chi connectivity index (χ3n) is 6.15. The average molecular weight is 520 g/mol. The quantitative estimate of drug-likeness (QED) is 0.288. The van der Waals surface area contributed by atoms with Gasteiger partial charge in [0.25, 0.3) is 0 Å². The van der Waals surface area contributed by atoms with Gasteiger partial charge in [0, 0.05) is 29.2 Å². The van der Waals surface area contributed by atoms with E-state index in [1.54, 1.807) is 17.0 Å². The van der Waals surface area contributed by atoms with Gasteiger partial charge in [0.1, 0.15) is 6.61 Å². The second kappa shape index (κ2) is 12.4. The summed E-state index contributed by atoms with van der Waals surface area (Å²) in [5.41, 5.74) is 6.18. The largest absolute Gasteiger partial charge is 0.490 e. The zero-order valence-corrected chi connectivity index (χ0v) is 21.7. The summed E-state index contributed by atoms with van der Waals surface area (Å²) >= 11 is 6.22. The van der Waals surface area contributed by atoms with Gasteiger partial charge < -0.3 is 14.4 Å². The van der Waals surface area contributed by atoms with Gasteiger partial charge in [-0.05, 0) is 60.9 Å². The van der Waals surface area contributed by atoms with Crippen LogP contribution in [0.25, 0.3) is 0 Å². The second-order valence-electron chi connectivity index (χ2n) is 8.68. The molecule has 3 aromatic rings. The number of rotatable bonds is 10. The molecule has 8 heteroatoms. The molecule has 0 bridgehead atoms. The van der Waals surface area contributed by atoms with Crippen LogP contribution >= 0.6 is 11.6 Å². The number of nitrogens with one attached hydrogen (secondary N) is 1. The SMILES string of the molecule is CCOc1cc(/C=N/NC(=O)[C@H]2CC(=O)N(c3ccc(CC)cc3)C2)ccc1OCc1ccccc1Cl. The molecule has 0 unspecified atom stereocenters. The Kier molecular flexibility index (Phi) is 8.80. The maximum absolute atomic E-state index is 12.7. The first-order valence-electron chi connectivity index (χ1n) is 12.3. The number of hydrogen-bond donors (Lipinski definition) is 1.